The Morgan fingerprint density at radius 2 is 2.10 bits per heavy atom. The Hall–Kier alpha value is -3.48. The summed E-state index contributed by atoms with van der Waals surface area (Å²) in [6, 6.07) is 15.0. The lowest BCUT2D eigenvalue weighted by Gasteiger charge is -2.10. The quantitative estimate of drug-likeness (QED) is 0.384. The maximum absolute atomic E-state index is 12.0. The van der Waals surface area contributed by atoms with Gasteiger partial charge in [0, 0.05) is 28.4 Å². The molecule has 31 heavy (non-hydrogen) atoms. The number of nitrogens with one attached hydrogen (secondary N) is 1. The topological polar surface area (TPSA) is 110 Å². The van der Waals surface area contributed by atoms with Gasteiger partial charge >= 0.3 is 0 Å². The number of pyridine rings is 1. The van der Waals surface area contributed by atoms with Gasteiger partial charge in [0.25, 0.3) is 5.91 Å². The molecule has 0 aliphatic heterocycles. The minimum Gasteiger partial charge on any atom is -0.467 e. The van der Waals surface area contributed by atoms with Gasteiger partial charge in [-0.1, -0.05) is 28.1 Å². The Morgan fingerprint density at radius 1 is 1.32 bits per heavy atom. The average molecular weight is 483 g/mol. The van der Waals surface area contributed by atoms with Crippen LogP contribution in [0.15, 0.2) is 56.5 Å². The second-order valence-corrected chi connectivity index (χ2v) is 7.35. The second kappa shape index (κ2) is 10.5. The Balaban J connectivity index is 1.57. The van der Waals surface area contributed by atoms with E-state index in [1.807, 2.05) is 36.4 Å². The highest BCUT2D eigenvalue weighted by Gasteiger charge is 2.14. The Labute approximate surface area is 187 Å². The molecule has 3 aromatic rings. The second-order valence-electron chi connectivity index (χ2n) is 6.44. The summed E-state index contributed by atoms with van der Waals surface area (Å²) in [6.07, 6.45) is 1.39. The molecule has 0 bridgehead atoms. The van der Waals surface area contributed by atoms with Gasteiger partial charge in [0.15, 0.2) is 6.61 Å². The fourth-order valence-electron chi connectivity index (χ4n) is 2.73. The number of aryl methyl sites for hydroxylation is 1. The third-order valence-corrected chi connectivity index (χ3v) is 4.61. The first-order valence-electron chi connectivity index (χ1n) is 9.20. The van der Waals surface area contributed by atoms with Gasteiger partial charge in [-0.3, -0.25) is 4.79 Å². The predicted molar refractivity (Wildman–Crippen MR) is 117 cm³/mol. The van der Waals surface area contributed by atoms with Crippen molar-refractivity contribution < 1.29 is 18.7 Å². The fraction of sp³-hybridized carbons (Fsp3) is 0.182. The first-order valence-corrected chi connectivity index (χ1v) is 9.99. The Kier molecular flexibility index (Phi) is 7.54. The van der Waals surface area contributed by atoms with Crippen molar-refractivity contribution in [2.45, 2.75) is 13.5 Å². The highest BCUT2D eigenvalue weighted by molar-refractivity contribution is 9.10. The van der Waals surface area contributed by atoms with Gasteiger partial charge < -0.3 is 13.9 Å². The molecule has 0 saturated heterocycles. The first kappa shape index (κ1) is 22.2. The highest BCUT2D eigenvalue weighted by Crippen LogP contribution is 2.23. The minimum absolute atomic E-state index is 0.0823. The van der Waals surface area contributed by atoms with Crippen molar-refractivity contribution in [1.29, 1.82) is 5.26 Å². The molecular weight excluding hydrogens is 464 g/mol. The molecule has 2 aromatic heterocycles. The summed E-state index contributed by atoms with van der Waals surface area (Å²) < 4.78 is 17.2. The van der Waals surface area contributed by atoms with Gasteiger partial charge in [0.05, 0.1) is 12.8 Å². The van der Waals surface area contributed by atoms with Crippen molar-refractivity contribution in [3.8, 4) is 23.3 Å². The molecule has 0 radical (unpaired) electrons. The number of benzene rings is 1. The Morgan fingerprint density at radius 3 is 2.81 bits per heavy atom. The summed E-state index contributed by atoms with van der Waals surface area (Å²) in [6.45, 7) is 1.66. The number of carbonyl (C=O) groups is 1. The SMILES string of the molecule is COCc1cc(C)nc(OCC(=O)N/N=C/c2ccc(-c3ccc(Br)cc3)o2)c1C#N. The maximum Gasteiger partial charge on any atom is 0.278 e. The number of nitrogens with zero attached hydrogens (tertiary/aromatic N) is 3. The van der Waals surface area contributed by atoms with Crippen molar-refractivity contribution >= 4 is 28.1 Å². The van der Waals surface area contributed by atoms with E-state index in [0.717, 1.165) is 10.0 Å². The Bertz CT molecular complexity index is 1130. The number of hydrogen-bond acceptors (Lipinski definition) is 7. The average Bonchev–Trinajstić information content (AvgIpc) is 3.22. The number of hydrogen-bond donors (Lipinski definition) is 1. The molecule has 0 aliphatic rings. The van der Waals surface area contributed by atoms with Crippen LogP contribution < -0.4 is 10.2 Å². The zero-order valence-electron chi connectivity index (χ0n) is 16.9. The standard InChI is InChI=1S/C22H19BrN4O4/c1-14-9-16(12-29-2)19(10-24)22(26-14)30-13-21(28)27-25-11-18-7-8-20(31-18)15-3-5-17(23)6-4-15/h3-9,11H,12-13H2,1-2H3,(H,27,28)/b25-11+. The lowest BCUT2D eigenvalue weighted by molar-refractivity contribution is -0.123. The molecule has 0 unspecified atom stereocenters. The molecule has 0 atom stereocenters. The predicted octanol–water partition coefficient (Wildman–Crippen LogP) is 3.96. The van der Waals surface area contributed by atoms with E-state index in [9.17, 15) is 10.1 Å². The third-order valence-electron chi connectivity index (χ3n) is 4.08. The van der Waals surface area contributed by atoms with Crippen molar-refractivity contribution in [2.75, 3.05) is 13.7 Å². The summed E-state index contributed by atoms with van der Waals surface area (Å²) in [5.74, 6) is 0.746. The summed E-state index contributed by atoms with van der Waals surface area (Å²) in [5.41, 5.74) is 4.81. The highest BCUT2D eigenvalue weighted by atomic mass is 79.9. The van der Waals surface area contributed by atoms with E-state index >= 15 is 0 Å². The normalized spacial score (nSPS) is 10.8. The lowest BCUT2D eigenvalue weighted by Crippen LogP contribution is -2.25. The van der Waals surface area contributed by atoms with Crippen molar-refractivity contribution in [3.05, 3.63) is 69.5 Å². The number of furan rings is 1. The number of amides is 1. The summed E-state index contributed by atoms with van der Waals surface area (Å²) in [5, 5.41) is 13.3. The van der Waals surface area contributed by atoms with Crippen LogP contribution in [0, 0.1) is 18.3 Å². The molecule has 1 N–H and O–H groups in total. The van der Waals surface area contributed by atoms with E-state index in [1.54, 1.807) is 19.1 Å². The molecule has 2 heterocycles. The number of ether oxygens (including phenoxy) is 2. The molecule has 3 rings (SSSR count). The third kappa shape index (κ3) is 6.01. The number of hydrazone groups is 1. The molecule has 0 saturated carbocycles. The van der Waals surface area contributed by atoms with Gasteiger partial charge in [0.2, 0.25) is 5.88 Å². The monoisotopic (exact) mass is 482 g/mol. The summed E-state index contributed by atoms with van der Waals surface area (Å²) in [7, 11) is 1.53. The van der Waals surface area contributed by atoms with E-state index in [1.165, 1.54) is 13.3 Å². The number of methoxy groups -OCH3 is 1. The molecule has 0 aliphatic carbocycles. The number of nitriles is 1. The molecule has 0 spiro atoms. The first-order chi connectivity index (χ1) is 15.0. The molecular formula is C22H19BrN4O4. The maximum atomic E-state index is 12.0. The number of aromatic nitrogens is 1. The molecule has 8 nitrogen and oxygen atoms in total. The number of carbonyl (C=O) groups excluding carboxylic acids is 1. The van der Waals surface area contributed by atoms with Crippen LogP contribution in [0.4, 0.5) is 0 Å². The van der Waals surface area contributed by atoms with Gasteiger partial charge in [-0.15, -0.1) is 0 Å². The van der Waals surface area contributed by atoms with E-state index in [2.05, 4.69) is 31.4 Å². The fourth-order valence-corrected chi connectivity index (χ4v) is 2.99. The minimum atomic E-state index is -0.503. The van der Waals surface area contributed by atoms with Crippen LogP contribution in [0.5, 0.6) is 5.88 Å². The van der Waals surface area contributed by atoms with Crippen LogP contribution in [0.2, 0.25) is 0 Å². The van der Waals surface area contributed by atoms with Crippen LogP contribution in [-0.4, -0.2) is 30.8 Å². The van der Waals surface area contributed by atoms with Crippen molar-refractivity contribution in [2.24, 2.45) is 5.10 Å². The van der Waals surface area contributed by atoms with Crippen LogP contribution in [-0.2, 0) is 16.1 Å². The smallest absolute Gasteiger partial charge is 0.278 e. The molecule has 1 amide bonds. The summed E-state index contributed by atoms with van der Waals surface area (Å²) in [4.78, 5) is 16.2. The molecule has 1 aromatic carbocycles. The number of halogens is 1. The van der Waals surface area contributed by atoms with E-state index in [-0.39, 0.29) is 24.7 Å². The van der Waals surface area contributed by atoms with Crippen molar-refractivity contribution in [1.82, 2.24) is 10.4 Å². The van der Waals surface area contributed by atoms with E-state index < -0.39 is 5.91 Å². The zero-order chi connectivity index (χ0) is 22.2. The lowest BCUT2D eigenvalue weighted by atomic mass is 10.1. The van der Waals surface area contributed by atoms with Crippen molar-refractivity contribution in [3.63, 3.8) is 0 Å². The number of rotatable bonds is 8. The largest absolute Gasteiger partial charge is 0.467 e. The van der Waals surface area contributed by atoms with Gasteiger partial charge in [-0.05, 0) is 37.3 Å². The molecule has 0 fully saturated rings. The van der Waals surface area contributed by atoms with Crippen LogP contribution in [0.25, 0.3) is 11.3 Å². The summed E-state index contributed by atoms with van der Waals surface area (Å²) >= 11 is 3.39. The van der Waals surface area contributed by atoms with Gasteiger partial charge in [-0.2, -0.15) is 10.4 Å². The van der Waals surface area contributed by atoms with Gasteiger partial charge in [-0.25, -0.2) is 10.4 Å². The molecule has 9 heteroatoms. The van der Waals surface area contributed by atoms with Crippen LogP contribution in [0.1, 0.15) is 22.6 Å². The van der Waals surface area contributed by atoms with Crippen LogP contribution in [0.3, 0.4) is 0 Å². The molecule has 158 valence electrons. The van der Waals surface area contributed by atoms with E-state index in [0.29, 0.717) is 22.8 Å². The van der Waals surface area contributed by atoms with Crippen LogP contribution >= 0.6 is 15.9 Å². The zero-order valence-corrected chi connectivity index (χ0v) is 18.5. The van der Waals surface area contributed by atoms with Gasteiger partial charge in [0.1, 0.15) is 23.2 Å². The van der Waals surface area contributed by atoms with E-state index in [4.69, 9.17) is 13.9 Å².